The summed E-state index contributed by atoms with van der Waals surface area (Å²) in [6.45, 7) is 5.93. The van der Waals surface area contributed by atoms with E-state index >= 15 is 0 Å². The van der Waals surface area contributed by atoms with Gasteiger partial charge in [-0.1, -0.05) is 6.92 Å². The van der Waals surface area contributed by atoms with Crippen LogP contribution in [0.1, 0.15) is 25.2 Å². The molecule has 0 aliphatic heterocycles. The van der Waals surface area contributed by atoms with Gasteiger partial charge in [0.05, 0.1) is 5.69 Å². The molecule has 0 spiro atoms. The molecule has 4 heteroatoms. The Morgan fingerprint density at radius 3 is 2.82 bits per heavy atom. The lowest BCUT2D eigenvalue weighted by Crippen LogP contribution is -2.04. The maximum Gasteiger partial charge on any atom is 0.328 e. The first-order chi connectivity index (χ1) is 8.02. The first kappa shape index (κ1) is 13.2. The number of carboxylic acid groups (broad SMARTS) is 1. The van der Waals surface area contributed by atoms with Crippen molar-refractivity contribution in [2.45, 2.75) is 27.2 Å². The molecular formula is C13H17NO3. The van der Waals surface area contributed by atoms with Crippen molar-refractivity contribution in [1.29, 1.82) is 0 Å². The summed E-state index contributed by atoms with van der Waals surface area (Å²) in [5, 5.41) is 8.57. The predicted octanol–water partition coefficient (Wildman–Crippen LogP) is 2.36. The van der Waals surface area contributed by atoms with Crippen LogP contribution in [-0.2, 0) is 11.2 Å². The van der Waals surface area contributed by atoms with E-state index < -0.39 is 5.97 Å². The molecule has 4 nitrogen and oxygen atoms in total. The molecule has 0 unspecified atom stereocenters. The van der Waals surface area contributed by atoms with Crippen molar-refractivity contribution in [3.63, 3.8) is 0 Å². The molecule has 0 aliphatic rings. The highest BCUT2D eigenvalue weighted by Gasteiger charge is 2.04. The minimum Gasteiger partial charge on any atom is -0.487 e. The molecule has 1 heterocycles. The third-order valence-corrected chi connectivity index (χ3v) is 2.23. The fraction of sp³-hybridized carbons (Fsp3) is 0.385. The first-order valence-corrected chi connectivity index (χ1v) is 5.52. The molecule has 0 aromatic carbocycles. The number of carboxylic acids is 1. The van der Waals surface area contributed by atoms with E-state index in [0.29, 0.717) is 5.57 Å². The van der Waals surface area contributed by atoms with Gasteiger partial charge >= 0.3 is 5.97 Å². The van der Waals surface area contributed by atoms with Gasteiger partial charge < -0.3 is 9.84 Å². The topological polar surface area (TPSA) is 59.4 Å². The fourth-order valence-electron chi connectivity index (χ4n) is 1.43. The van der Waals surface area contributed by atoms with Crippen LogP contribution < -0.4 is 4.74 Å². The highest BCUT2D eigenvalue weighted by Crippen LogP contribution is 2.18. The molecule has 0 radical (unpaired) electrons. The van der Waals surface area contributed by atoms with Gasteiger partial charge in [-0.05, 0) is 38.0 Å². The number of hydrogen-bond donors (Lipinski definition) is 1. The smallest absolute Gasteiger partial charge is 0.328 e. The zero-order chi connectivity index (χ0) is 12.8. The Labute approximate surface area is 101 Å². The number of aliphatic carboxylic acids is 1. The molecule has 0 amide bonds. The van der Waals surface area contributed by atoms with Gasteiger partial charge in [0.1, 0.15) is 12.4 Å². The minimum atomic E-state index is -0.955. The Morgan fingerprint density at radius 2 is 2.24 bits per heavy atom. The summed E-state index contributed by atoms with van der Waals surface area (Å²) < 4.78 is 5.55. The third kappa shape index (κ3) is 4.26. The zero-order valence-electron chi connectivity index (χ0n) is 10.4. The highest BCUT2D eigenvalue weighted by molar-refractivity contribution is 5.80. The van der Waals surface area contributed by atoms with Crippen molar-refractivity contribution >= 4 is 5.97 Å². The van der Waals surface area contributed by atoms with E-state index in [2.05, 4.69) is 4.98 Å². The monoisotopic (exact) mass is 235 g/mol. The molecule has 0 aliphatic carbocycles. The second kappa shape index (κ2) is 6.03. The van der Waals surface area contributed by atoms with Gasteiger partial charge in [0.15, 0.2) is 0 Å². The van der Waals surface area contributed by atoms with E-state index in [4.69, 9.17) is 9.84 Å². The molecule has 17 heavy (non-hydrogen) atoms. The van der Waals surface area contributed by atoms with Crippen LogP contribution in [0.3, 0.4) is 0 Å². The SMILES string of the molecule is CCc1nc(C)ccc1OC/C(C)=C/C(=O)O. The van der Waals surface area contributed by atoms with E-state index in [1.54, 1.807) is 6.92 Å². The van der Waals surface area contributed by atoms with Gasteiger partial charge in [-0.3, -0.25) is 4.98 Å². The molecular weight excluding hydrogens is 218 g/mol. The van der Waals surface area contributed by atoms with Gasteiger partial charge in [-0.2, -0.15) is 0 Å². The molecule has 1 N–H and O–H groups in total. The van der Waals surface area contributed by atoms with Crippen LogP contribution in [0.2, 0.25) is 0 Å². The van der Waals surface area contributed by atoms with Crippen molar-refractivity contribution < 1.29 is 14.6 Å². The lowest BCUT2D eigenvalue weighted by Gasteiger charge is -2.10. The zero-order valence-corrected chi connectivity index (χ0v) is 10.4. The molecule has 0 saturated carbocycles. The average Bonchev–Trinajstić information content (AvgIpc) is 2.26. The molecule has 92 valence electrons. The number of pyridine rings is 1. The standard InChI is InChI=1S/C13H17NO3/c1-4-11-12(6-5-10(3)14-11)17-8-9(2)7-13(15)16/h5-7H,4,8H2,1-3H3,(H,15,16)/b9-7+. The Morgan fingerprint density at radius 1 is 1.53 bits per heavy atom. The van der Waals surface area contributed by atoms with Crippen molar-refractivity contribution in [2.75, 3.05) is 6.61 Å². The van der Waals surface area contributed by atoms with Gasteiger partial charge in [0, 0.05) is 11.8 Å². The fourth-order valence-corrected chi connectivity index (χ4v) is 1.43. The molecule has 0 fully saturated rings. The summed E-state index contributed by atoms with van der Waals surface area (Å²) in [4.78, 5) is 14.8. The third-order valence-electron chi connectivity index (χ3n) is 2.23. The van der Waals surface area contributed by atoms with Crippen LogP contribution >= 0.6 is 0 Å². The Bertz CT molecular complexity index is 438. The van der Waals surface area contributed by atoms with Gasteiger partial charge in [-0.25, -0.2) is 4.79 Å². The van der Waals surface area contributed by atoms with Gasteiger partial charge in [0.2, 0.25) is 0 Å². The summed E-state index contributed by atoms with van der Waals surface area (Å²) >= 11 is 0. The summed E-state index contributed by atoms with van der Waals surface area (Å²) in [7, 11) is 0. The lowest BCUT2D eigenvalue weighted by molar-refractivity contribution is -0.131. The number of carbonyl (C=O) groups is 1. The van der Waals surface area contributed by atoms with Crippen LogP contribution in [-0.4, -0.2) is 22.7 Å². The molecule has 1 aromatic heterocycles. The molecule has 1 rings (SSSR count). The quantitative estimate of drug-likeness (QED) is 0.796. The second-order valence-electron chi connectivity index (χ2n) is 3.87. The number of ether oxygens (including phenoxy) is 1. The summed E-state index contributed by atoms with van der Waals surface area (Å²) in [5.74, 6) is -0.236. The highest BCUT2D eigenvalue weighted by atomic mass is 16.5. The van der Waals surface area contributed by atoms with E-state index in [9.17, 15) is 4.79 Å². The Balaban J connectivity index is 2.72. The molecule has 0 atom stereocenters. The van der Waals surface area contributed by atoms with E-state index in [-0.39, 0.29) is 6.61 Å². The number of aromatic nitrogens is 1. The van der Waals surface area contributed by atoms with E-state index in [1.807, 2.05) is 26.0 Å². The van der Waals surface area contributed by atoms with Crippen molar-refractivity contribution in [3.05, 3.63) is 35.2 Å². The maximum absolute atomic E-state index is 10.4. The normalized spacial score (nSPS) is 11.4. The Kier molecular flexibility index (Phi) is 4.69. The maximum atomic E-state index is 10.4. The largest absolute Gasteiger partial charge is 0.487 e. The first-order valence-electron chi connectivity index (χ1n) is 5.52. The van der Waals surface area contributed by atoms with Crippen LogP contribution in [0.15, 0.2) is 23.8 Å². The second-order valence-corrected chi connectivity index (χ2v) is 3.87. The molecule has 0 saturated heterocycles. The number of aryl methyl sites for hydroxylation is 2. The summed E-state index contributed by atoms with van der Waals surface area (Å²) in [5.41, 5.74) is 2.51. The lowest BCUT2D eigenvalue weighted by atomic mass is 10.2. The molecule has 1 aromatic rings. The van der Waals surface area contributed by atoms with Gasteiger partial charge in [0.25, 0.3) is 0 Å². The number of rotatable bonds is 5. The van der Waals surface area contributed by atoms with Crippen LogP contribution in [0.25, 0.3) is 0 Å². The van der Waals surface area contributed by atoms with Crippen LogP contribution in [0, 0.1) is 6.92 Å². The van der Waals surface area contributed by atoms with Crippen molar-refractivity contribution in [1.82, 2.24) is 4.98 Å². The van der Waals surface area contributed by atoms with Crippen LogP contribution in [0.5, 0.6) is 5.75 Å². The summed E-state index contributed by atoms with van der Waals surface area (Å²) in [6.07, 6.45) is 1.94. The number of hydrogen-bond acceptors (Lipinski definition) is 3. The van der Waals surface area contributed by atoms with Crippen molar-refractivity contribution in [3.8, 4) is 5.75 Å². The van der Waals surface area contributed by atoms with Crippen LogP contribution in [0.4, 0.5) is 0 Å². The number of nitrogens with zero attached hydrogens (tertiary/aromatic N) is 1. The van der Waals surface area contributed by atoms with Crippen molar-refractivity contribution in [2.24, 2.45) is 0 Å². The average molecular weight is 235 g/mol. The molecule has 0 bridgehead atoms. The summed E-state index contributed by atoms with van der Waals surface area (Å²) in [6, 6.07) is 3.75. The van der Waals surface area contributed by atoms with E-state index in [1.165, 1.54) is 0 Å². The van der Waals surface area contributed by atoms with Gasteiger partial charge in [-0.15, -0.1) is 0 Å². The predicted molar refractivity (Wildman–Crippen MR) is 65.2 cm³/mol. The minimum absolute atomic E-state index is 0.268. The van der Waals surface area contributed by atoms with E-state index in [0.717, 1.165) is 29.6 Å². The Hall–Kier alpha value is -1.84.